The summed E-state index contributed by atoms with van der Waals surface area (Å²) in [7, 11) is 0. The molecule has 12 heteroatoms. The van der Waals surface area contributed by atoms with Crippen LogP contribution in [0.5, 0.6) is 0 Å². The van der Waals surface area contributed by atoms with E-state index in [0.29, 0.717) is 0 Å². The molecule has 0 bridgehead atoms. The minimum atomic E-state index is -1.33. The average Bonchev–Trinajstić information content (AvgIpc) is 2.41. The van der Waals surface area contributed by atoms with Crippen molar-refractivity contribution < 1.29 is 45.0 Å². The Hall–Kier alpha value is -1.99. The van der Waals surface area contributed by atoms with Crippen molar-refractivity contribution in [3.05, 3.63) is 0 Å². The lowest BCUT2D eigenvalue weighted by atomic mass is 10.0. The highest BCUT2D eigenvalue weighted by Crippen LogP contribution is 2.00. The first-order valence-electron chi connectivity index (χ1n) is 5.30. The first-order chi connectivity index (χ1) is 9.60. The van der Waals surface area contributed by atoms with E-state index >= 15 is 0 Å². The quantitative estimate of drug-likeness (QED) is 0.219. The van der Waals surface area contributed by atoms with Crippen molar-refractivity contribution in [2.24, 2.45) is 11.5 Å². The Bertz CT molecular complexity index is 295. The fourth-order valence-corrected chi connectivity index (χ4v) is 0.581. The molecular weight excluding hydrogens is 294 g/mol. The number of carbonyl (C=O) groups is 3. The van der Waals surface area contributed by atoms with Gasteiger partial charge in [0.2, 0.25) is 0 Å². The summed E-state index contributed by atoms with van der Waals surface area (Å²) in [4.78, 5) is 28.1. The summed E-state index contributed by atoms with van der Waals surface area (Å²) in [6.45, 7) is -2.25. The number of aliphatic carboxylic acids is 2. The summed E-state index contributed by atoms with van der Waals surface area (Å²) in [5, 5.41) is 51.5. The number of nitrogens with two attached hydrogens (primary N) is 2. The molecular formula is C9H21N3O9. The van der Waals surface area contributed by atoms with Gasteiger partial charge < -0.3 is 42.1 Å². The second-order valence-electron chi connectivity index (χ2n) is 3.44. The minimum Gasteiger partial charge on any atom is -0.480 e. The Morgan fingerprint density at radius 3 is 1.33 bits per heavy atom. The molecule has 12 nitrogen and oxygen atoms in total. The standard InChI is InChI=1S/C6H13NO5.C2H5NO2.CH3NO2/c8-2-6(3-9,4-10)7-1-5(11)12;3-1-2(4)5;2-1(3)4/h7-10H,1-4H2,(H,11,12);1,3H2,(H,4,5);2H2,(H,3,4). The fourth-order valence-electron chi connectivity index (χ4n) is 0.581. The molecule has 0 aromatic rings. The second-order valence-corrected chi connectivity index (χ2v) is 3.44. The molecule has 0 saturated carbocycles. The normalized spacial score (nSPS) is 9.52. The van der Waals surface area contributed by atoms with Crippen molar-refractivity contribution in [2.45, 2.75) is 5.54 Å². The van der Waals surface area contributed by atoms with Crippen LogP contribution in [0.25, 0.3) is 0 Å². The molecule has 0 unspecified atom stereocenters. The van der Waals surface area contributed by atoms with Gasteiger partial charge in [-0.15, -0.1) is 0 Å². The first-order valence-corrected chi connectivity index (χ1v) is 5.30. The largest absolute Gasteiger partial charge is 0.480 e. The van der Waals surface area contributed by atoms with Crippen LogP contribution in [0.1, 0.15) is 0 Å². The van der Waals surface area contributed by atoms with Crippen molar-refractivity contribution in [2.75, 3.05) is 32.9 Å². The van der Waals surface area contributed by atoms with E-state index in [2.05, 4.69) is 16.8 Å². The summed E-state index contributed by atoms with van der Waals surface area (Å²) in [6, 6.07) is 0. The van der Waals surface area contributed by atoms with Crippen molar-refractivity contribution >= 4 is 18.0 Å². The SMILES string of the molecule is NC(=O)O.NCC(=O)O.O=C(O)CNC(CO)(CO)CO. The summed E-state index contributed by atoms with van der Waals surface area (Å²) in [5.74, 6) is -2.08. The van der Waals surface area contributed by atoms with E-state index in [1.54, 1.807) is 0 Å². The highest BCUT2D eigenvalue weighted by molar-refractivity contribution is 5.69. The van der Waals surface area contributed by atoms with Gasteiger partial charge in [0, 0.05) is 0 Å². The predicted molar refractivity (Wildman–Crippen MR) is 68.5 cm³/mol. The molecule has 0 aliphatic rings. The molecule has 0 aromatic carbocycles. The number of amides is 1. The number of aliphatic hydroxyl groups excluding tert-OH is 3. The van der Waals surface area contributed by atoms with E-state index in [9.17, 15) is 9.59 Å². The van der Waals surface area contributed by atoms with Crippen LogP contribution in [0.2, 0.25) is 0 Å². The maximum absolute atomic E-state index is 10.1. The minimum absolute atomic E-state index is 0.278. The zero-order valence-corrected chi connectivity index (χ0v) is 11.1. The Labute approximate surface area is 119 Å². The Balaban J connectivity index is -0.000000297. The molecule has 0 aromatic heterocycles. The molecule has 21 heavy (non-hydrogen) atoms. The van der Waals surface area contributed by atoms with Gasteiger partial charge in [0.05, 0.1) is 38.4 Å². The van der Waals surface area contributed by atoms with E-state index in [1.807, 2.05) is 0 Å². The number of carboxylic acid groups (broad SMARTS) is 3. The van der Waals surface area contributed by atoms with Gasteiger partial charge in [-0.3, -0.25) is 14.9 Å². The average molecular weight is 315 g/mol. The van der Waals surface area contributed by atoms with E-state index in [0.717, 1.165) is 0 Å². The Kier molecular flexibility index (Phi) is 16.5. The zero-order valence-electron chi connectivity index (χ0n) is 11.1. The van der Waals surface area contributed by atoms with Crippen LogP contribution < -0.4 is 16.8 Å². The summed E-state index contributed by atoms with van der Waals surface area (Å²) in [6.07, 6.45) is -1.33. The van der Waals surface area contributed by atoms with Crippen molar-refractivity contribution in [3.8, 4) is 0 Å². The van der Waals surface area contributed by atoms with E-state index < -0.39 is 49.9 Å². The third-order valence-electron chi connectivity index (χ3n) is 1.70. The third kappa shape index (κ3) is 20.5. The van der Waals surface area contributed by atoms with E-state index in [1.165, 1.54) is 0 Å². The van der Waals surface area contributed by atoms with Gasteiger partial charge >= 0.3 is 18.0 Å². The van der Waals surface area contributed by atoms with Crippen LogP contribution in [-0.2, 0) is 9.59 Å². The topological polar surface area (TPSA) is 237 Å². The molecule has 0 fully saturated rings. The van der Waals surface area contributed by atoms with Crippen molar-refractivity contribution in [1.29, 1.82) is 0 Å². The van der Waals surface area contributed by atoms with Crippen LogP contribution in [-0.4, -0.2) is 87.1 Å². The monoisotopic (exact) mass is 315 g/mol. The molecule has 0 rings (SSSR count). The van der Waals surface area contributed by atoms with Crippen molar-refractivity contribution in [1.82, 2.24) is 5.32 Å². The van der Waals surface area contributed by atoms with Crippen molar-refractivity contribution in [3.63, 3.8) is 0 Å². The third-order valence-corrected chi connectivity index (χ3v) is 1.70. The second kappa shape index (κ2) is 14.4. The number of aliphatic hydroxyl groups is 3. The molecule has 0 radical (unpaired) electrons. The summed E-state index contributed by atoms with van der Waals surface area (Å²) < 4.78 is 0. The Morgan fingerprint density at radius 1 is 0.905 bits per heavy atom. The van der Waals surface area contributed by atoms with Gasteiger partial charge in [0.1, 0.15) is 0 Å². The predicted octanol–water partition coefficient (Wildman–Crippen LogP) is -3.97. The molecule has 0 saturated heterocycles. The first kappa shape index (κ1) is 24.1. The highest BCUT2D eigenvalue weighted by Gasteiger charge is 2.27. The molecule has 0 heterocycles. The van der Waals surface area contributed by atoms with E-state index in [-0.39, 0.29) is 6.54 Å². The molecule has 0 aliphatic heterocycles. The molecule has 0 atom stereocenters. The number of rotatable bonds is 7. The lowest BCUT2D eigenvalue weighted by Crippen LogP contribution is -2.56. The number of nitrogens with one attached hydrogen (secondary N) is 1. The van der Waals surface area contributed by atoms with Crippen LogP contribution in [0.4, 0.5) is 4.79 Å². The molecule has 126 valence electrons. The fraction of sp³-hybridized carbons (Fsp3) is 0.667. The maximum atomic E-state index is 10.1. The molecule has 0 aliphatic carbocycles. The number of hydrogen-bond donors (Lipinski definition) is 9. The number of hydrogen-bond acceptors (Lipinski definition) is 8. The zero-order chi connectivity index (χ0) is 17.5. The maximum Gasteiger partial charge on any atom is 0.402 e. The van der Waals surface area contributed by atoms with Crippen LogP contribution in [0, 0.1) is 0 Å². The van der Waals surface area contributed by atoms with Crippen LogP contribution in [0.3, 0.4) is 0 Å². The van der Waals surface area contributed by atoms with Gasteiger partial charge in [-0.25, -0.2) is 4.79 Å². The van der Waals surface area contributed by atoms with Crippen LogP contribution >= 0.6 is 0 Å². The highest BCUT2D eigenvalue weighted by atomic mass is 16.4. The number of primary amides is 1. The van der Waals surface area contributed by atoms with Gasteiger partial charge in [-0.05, 0) is 0 Å². The van der Waals surface area contributed by atoms with Gasteiger partial charge in [0.15, 0.2) is 0 Å². The van der Waals surface area contributed by atoms with Gasteiger partial charge in [-0.1, -0.05) is 0 Å². The molecule has 1 amide bonds. The number of carboxylic acids is 2. The molecule has 11 N–H and O–H groups in total. The van der Waals surface area contributed by atoms with Gasteiger partial charge in [0.25, 0.3) is 0 Å². The summed E-state index contributed by atoms with van der Waals surface area (Å²) in [5.41, 5.74) is 7.29. The van der Waals surface area contributed by atoms with Gasteiger partial charge in [-0.2, -0.15) is 0 Å². The lowest BCUT2D eigenvalue weighted by Gasteiger charge is -2.27. The smallest absolute Gasteiger partial charge is 0.402 e. The summed E-state index contributed by atoms with van der Waals surface area (Å²) >= 11 is 0. The Morgan fingerprint density at radius 2 is 1.19 bits per heavy atom. The molecule has 0 spiro atoms. The van der Waals surface area contributed by atoms with Crippen LogP contribution in [0.15, 0.2) is 0 Å². The lowest BCUT2D eigenvalue weighted by molar-refractivity contribution is -0.137. The van der Waals surface area contributed by atoms with E-state index in [4.69, 9.17) is 35.4 Å².